The highest BCUT2D eigenvalue weighted by molar-refractivity contribution is 4.59. The zero-order chi connectivity index (χ0) is 8.20. The third-order valence-corrected chi connectivity index (χ3v) is 1.81. The molecule has 0 aliphatic carbocycles. The molecule has 2 nitrogen and oxygen atoms in total. The highest BCUT2D eigenvalue weighted by atomic mass is 16.5. The standard InChI is InChI=1S/C8H18O2/c1-4-7(2)5-6-8(3,9)10/h7,9-10H,4-6H2,1-3H3. The van der Waals surface area contributed by atoms with Crippen molar-refractivity contribution in [2.45, 2.75) is 45.8 Å². The molecule has 0 fully saturated rings. The summed E-state index contributed by atoms with van der Waals surface area (Å²) in [5.74, 6) is -0.873. The van der Waals surface area contributed by atoms with E-state index in [0.29, 0.717) is 12.3 Å². The fraction of sp³-hybridized carbons (Fsp3) is 1.00. The Kier molecular flexibility index (Phi) is 3.91. The lowest BCUT2D eigenvalue weighted by molar-refractivity contribution is -0.151. The molecule has 0 aromatic heterocycles. The third-order valence-electron chi connectivity index (χ3n) is 1.81. The Labute approximate surface area is 62.9 Å². The van der Waals surface area contributed by atoms with Crippen LogP contribution in [0.15, 0.2) is 0 Å². The molecule has 62 valence electrons. The first-order valence-electron chi connectivity index (χ1n) is 3.90. The molecule has 2 heteroatoms. The first-order valence-corrected chi connectivity index (χ1v) is 3.90. The highest BCUT2D eigenvalue weighted by Crippen LogP contribution is 2.15. The summed E-state index contributed by atoms with van der Waals surface area (Å²) in [5.41, 5.74) is 0. The number of hydrogen-bond acceptors (Lipinski definition) is 2. The molecule has 0 spiro atoms. The van der Waals surface area contributed by atoms with Gasteiger partial charge in [0, 0.05) is 6.42 Å². The Morgan fingerprint density at radius 1 is 1.40 bits per heavy atom. The Balaban J connectivity index is 3.36. The first-order chi connectivity index (χ1) is 4.45. The maximum absolute atomic E-state index is 8.92. The van der Waals surface area contributed by atoms with Gasteiger partial charge < -0.3 is 10.2 Å². The Hall–Kier alpha value is -0.0800. The van der Waals surface area contributed by atoms with Gasteiger partial charge >= 0.3 is 0 Å². The minimum atomic E-state index is -1.47. The summed E-state index contributed by atoms with van der Waals surface area (Å²) >= 11 is 0. The van der Waals surface area contributed by atoms with Crippen LogP contribution in [0.4, 0.5) is 0 Å². The van der Waals surface area contributed by atoms with Crippen molar-refractivity contribution in [3.05, 3.63) is 0 Å². The van der Waals surface area contributed by atoms with Gasteiger partial charge in [0.2, 0.25) is 0 Å². The lowest BCUT2D eigenvalue weighted by atomic mass is 10.00. The van der Waals surface area contributed by atoms with E-state index in [1.807, 2.05) is 0 Å². The predicted octanol–water partition coefficient (Wildman–Crippen LogP) is 1.51. The average Bonchev–Trinajstić information content (AvgIpc) is 1.81. The summed E-state index contributed by atoms with van der Waals surface area (Å²) in [6.07, 6.45) is 2.47. The summed E-state index contributed by atoms with van der Waals surface area (Å²) in [7, 11) is 0. The third kappa shape index (κ3) is 6.05. The van der Waals surface area contributed by atoms with Gasteiger partial charge in [0.25, 0.3) is 0 Å². The van der Waals surface area contributed by atoms with Crippen molar-refractivity contribution in [3.8, 4) is 0 Å². The molecule has 0 aliphatic heterocycles. The van der Waals surface area contributed by atoms with E-state index in [0.717, 1.165) is 12.8 Å². The van der Waals surface area contributed by atoms with E-state index >= 15 is 0 Å². The van der Waals surface area contributed by atoms with Gasteiger partial charge in [0.05, 0.1) is 0 Å². The van der Waals surface area contributed by atoms with E-state index in [-0.39, 0.29) is 0 Å². The lowest BCUT2D eigenvalue weighted by Gasteiger charge is -2.17. The van der Waals surface area contributed by atoms with Crippen molar-refractivity contribution in [3.63, 3.8) is 0 Å². The van der Waals surface area contributed by atoms with Crippen LogP contribution in [0.1, 0.15) is 40.0 Å². The molecule has 0 saturated heterocycles. The van der Waals surface area contributed by atoms with Crippen LogP contribution >= 0.6 is 0 Å². The molecule has 0 aliphatic rings. The Morgan fingerprint density at radius 2 is 1.90 bits per heavy atom. The Bertz CT molecular complexity index is 83.7. The van der Waals surface area contributed by atoms with Crippen LogP contribution in [-0.2, 0) is 0 Å². The Morgan fingerprint density at radius 3 is 2.20 bits per heavy atom. The second kappa shape index (κ2) is 3.94. The minimum Gasteiger partial charge on any atom is -0.366 e. The largest absolute Gasteiger partial charge is 0.366 e. The molecule has 1 atom stereocenters. The maximum Gasteiger partial charge on any atom is 0.159 e. The predicted molar refractivity (Wildman–Crippen MR) is 41.5 cm³/mol. The molecule has 2 N–H and O–H groups in total. The van der Waals surface area contributed by atoms with Gasteiger partial charge in [-0.05, 0) is 19.3 Å². The summed E-state index contributed by atoms with van der Waals surface area (Å²) in [4.78, 5) is 0. The van der Waals surface area contributed by atoms with Crippen LogP contribution in [0.2, 0.25) is 0 Å². The van der Waals surface area contributed by atoms with E-state index in [4.69, 9.17) is 10.2 Å². The first kappa shape index (κ1) is 9.92. The zero-order valence-electron chi connectivity index (χ0n) is 7.09. The van der Waals surface area contributed by atoms with Gasteiger partial charge in [0.1, 0.15) is 0 Å². The monoisotopic (exact) mass is 146 g/mol. The number of rotatable bonds is 4. The van der Waals surface area contributed by atoms with Gasteiger partial charge in [0.15, 0.2) is 5.79 Å². The maximum atomic E-state index is 8.92. The molecular formula is C8H18O2. The fourth-order valence-electron chi connectivity index (χ4n) is 0.724. The summed E-state index contributed by atoms with van der Waals surface area (Å²) in [6.45, 7) is 5.65. The van der Waals surface area contributed by atoms with Crippen molar-refractivity contribution in [1.29, 1.82) is 0 Å². The number of aliphatic hydroxyl groups is 2. The quantitative estimate of drug-likeness (QED) is 0.590. The minimum absolute atomic E-state index is 0.474. The molecule has 0 bridgehead atoms. The summed E-state index contributed by atoms with van der Waals surface area (Å²) in [6, 6.07) is 0. The zero-order valence-corrected chi connectivity index (χ0v) is 7.09. The second-order valence-electron chi connectivity index (χ2n) is 3.27. The van der Waals surface area contributed by atoms with E-state index < -0.39 is 5.79 Å². The van der Waals surface area contributed by atoms with E-state index in [2.05, 4.69) is 13.8 Å². The van der Waals surface area contributed by atoms with Gasteiger partial charge in [-0.3, -0.25) is 0 Å². The SMILES string of the molecule is CCC(C)CCC(C)(O)O. The molecule has 0 amide bonds. The van der Waals surface area contributed by atoms with Crippen molar-refractivity contribution in [1.82, 2.24) is 0 Å². The fourth-order valence-corrected chi connectivity index (χ4v) is 0.724. The smallest absolute Gasteiger partial charge is 0.159 e. The number of hydrogen-bond donors (Lipinski definition) is 2. The second-order valence-corrected chi connectivity index (χ2v) is 3.27. The molecular weight excluding hydrogens is 128 g/mol. The van der Waals surface area contributed by atoms with Crippen LogP contribution in [0.3, 0.4) is 0 Å². The van der Waals surface area contributed by atoms with Crippen LogP contribution in [0, 0.1) is 5.92 Å². The topological polar surface area (TPSA) is 40.5 Å². The van der Waals surface area contributed by atoms with E-state index in [1.54, 1.807) is 0 Å². The molecule has 10 heavy (non-hydrogen) atoms. The molecule has 0 saturated carbocycles. The van der Waals surface area contributed by atoms with E-state index in [1.165, 1.54) is 6.92 Å². The van der Waals surface area contributed by atoms with Gasteiger partial charge in [-0.2, -0.15) is 0 Å². The van der Waals surface area contributed by atoms with E-state index in [9.17, 15) is 0 Å². The van der Waals surface area contributed by atoms with Crippen molar-refractivity contribution < 1.29 is 10.2 Å². The van der Waals surface area contributed by atoms with Crippen molar-refractivity contribution in [2.24, 2.45) is 5.92 Å². The van der Waals surface area contributed by atoms with Gasteiger partial charge in [-0.25, -0.2) is 0 Å². The van der Waals surface area contributed by atoms with Crippen molar-refractivity contribution >= 4 is 0 Å². The molecule has 0 aromatic rings. The summed E-state index contributed by atoms with van der Waals surface area (Å²) < 4.78 is 0. The molecule has 1 unspecified atom stereocenters. The molecule has 0 heterocycles. The van der Waals surface area contributed by atoms with Gasteiger partial charge in [-0.15, -0.1) is 0 Å². The molecule has 0 aromatic carbocycles. The summed E-state index contributed by atoms with van der Waals surface area (Å²) in [5, 5.41) is 17.8. The normalized spacial score (nSPS) is 15.3. The highest BCUT2D eigenvalue weighted by Gasteiger charge is 2.15. The lowest BCUT2D eigenvalue weighted by Crippen LogP contribution is -2.23. The van der Waals surface area contributed by atoms with Crippen LogP contribution < -0.4 is 0 Å². The van der Waals surface area contributed by atoms with Crippen LogP contribution in [-0.4, -0.2) is 16.0 Å². The molecule has 0 radical (unpaired) electrons. The van der Waals surface area contributed by atoms with Gasteiger partial charge in [-0.1, -0.05) is 20.3 Å². The van der Waals surface area contributed by atoms with Crippen LogP contribution in [0.25, 0.3) is 0 Å². The molecule has 0 rings (SSSR count). The van der Waals surface area contributed by atoms with Crippen LogP contribution in [0.5, 0.6) is 0 Å². The van der Waals surface area contributed by atoms with Crippen molar-refractivity contribution in [2.75, 3.05) is 0 Å². The average molecular weight is 146 g/mol.